The lowest BCUT2D eigenvalue weighted by Gasteiger charge is -2.08. The Bertz CT molecular complexity index is 706. The summed E-state index contributed by atoms with van der Waals surface area (Å²) >= 11 is 12.1. The van der Waals surface area contributed by atoms with Crippen LogP contribution in [0.4, 0.5) is 5.69 Å². The van der Waals surface area contributed by atoms with E-state index in [-0.39, 0.29) is 15.8 Å². The number of aliphatic imine (C=N–C) groups is 1. The van der Waals surface area contributed by atoms with Crippen molar-refractivity contribution in [2.24, 2.45) is 4.99 Å². The molecule has 0 atom stereocenters. The average Bonchev–Trinajstić information content (AvgIpc) is 2.52. The maximum absolute atomic E-state index is 10.5. The van der Waals surface area contributed by atoms with Crippen LogP contribution in [0.15, 0.2) is 41.4 Å². The lowest BCUT2D eigenvalue weighted by Crippen LogP contribution is -2.10. The first kappa shape index (κ1) is 17.1. The maximum atomic E-state index is 10.5. The molecule has 0 bridgehead atoms. The second-order valence-electron chi connectivity index (χ2n) is 4.45. The van der Waals surface area contributed by atoms with Gasteiger partial charge in [0, 0.05) is 6.21 Å². The van der Waals surface area contributed by atoms with Crippen molar-refractivity contribution in [1.82, 2.24) is 0 Å². The Morgan fingerprint density at radius 2 is 1.83 bits per heavy atom. The monoisotopic (exact) mass is 353 g/mol. The highest BCUT2D eigenvalue weighted by Crippen LogP contribution is 2.34. The fourth-order valence-corrected chi connectivity index (χ4v) is 2.36. The highest BCUT2D eigenvalue weighted by molar-refractivity contribution is 6.37. The topological polar surface area (TPSA) is 68.1 Å². The van der Waals surface area contributed by atoms with Gasteiger partial charge in [-0.2, -0.15) is 0 Å². The van der Waals surface area contributed by atoms with Gasteiger partial charge in [0.25, 0.3) is 0 Å². The summed E-state index contributed by atoms with van der Waals surface area (Å²) in [4.78, 5) is 14.8. The molecule has 0 saturated carbocycles. The number of carbonyl (C=O) groups is 1. The van der Waals surface area contributed by atoms with E-state index in [0.29, 0.717) is 5.56 Å². The highest BCUT2D eigenvalue weighted by Gasteiger charge is 2.10. The Kier molecular flexibility index (Phi) is 5.84. The van der Waals surface area contributed by atoms with Gasteiger partial charge in [-0.1, -0.05) is 23.2 Å². The maximum Gasteiger partial charge on any atom is 0.341 e. The highest BCUT2D eigenvalue weighted by atomic mass is 35.5. The zero-order chi connectivity index (χ0) is 16.8. The standard InChI is InChI=1S/C16H13Cl2NO4/c1-22-12-4-2-11(3-5-12)19-8-10-6-13(17)16(14(18)7-10)23-9-15(20)21/h2-8H,9H2,1H3,(H,20,21). The Balaban J connectivity index is 2.16. The molecule has 2 aromatic rings. The fourth-order valence-electron chi connectivity index (χ4n) is 1.74. The average molecular weight is 354 g/mol. The molecule has 0 amide bonds. The van der Waals surface area contributed by atoms with Gasteiger partial charge in [-0.3, -0.25) is 4.99 Å². The van der Waals surface area contributed by atoms with Gasteiger partial charge in [-0.15, -0.1) is 0 Å². The molecule has 120 valence electrons. The van der Waals surface area contributed by atoms with E-state index < -0.39 is 12.6 Å². The molecule has 0 unspecified atom stereocenters. The molecule has 23 heavy (non-hydrogen) atoms. The van der Waals surface area contributed by atoms with E-state index in [1.54, 1.807) is 37.6 Å². The summed E-state index contributed by atoms with van der Waals surface area (Å²) in [6.45, 7) is -0.515. The van der Waals surface area contributed by atoms with Crippen molar-refractivity contribution in [3.8, 4) is 11.5 Å². The quantitative estimate of drug-likeness (QED) is 0.789. The van der Waals surface area contributed by atoms with E-state index >= 15 is 0 Å². The molecule has 2 aromatic carbocycles. The number of halogens is 2. The van der Waals surface area contributed by atoms with Gasteiger partial charge in [0.1, 0.15) is 5.75 Å². The number of methoxy groups -OCH3 is 1. The minimum Gasteiger partial charge on any atom is -0.497 e. The first-order valence-corrected chi connectivity index (χ1v) is 7.27. The van der Waals surface area contributed by atoms with Gasteiger partial charge in [0.05, 0.1) is 22.8 Å². The summed E-state index contributed by atoms with van der Waals surface area (Å²) in [5.41, 5.74) is 1.41. The van der Waals surface area contributed by atoms with E-state index in [0.717, 1.165) is 11.4 Å². The smallest absolute Gasteiger partial charge is 0.341 e. The summed E-state index contributed by atoms with van der Waals surface area (Å²) < 4.78 is 10.1. The third kappa shape index (κ3) is 4.87. The number of hydrogen-bond acceptors (Lipinski definition) is 4. The molecule has 0 saturated heterocycles. The predicted molar refractivity (Wildman–Crippen MR) is 89.8 cm³/mol. The lowest BCUT2D eigenvalue weighted by atomic mass is 10.2. The molecule has 2 rings (SSSR count). The molecular weight excluding hydrogens is 341 g/mol. The second-order valence-corrected chi connectivity index (χ2v) is 5.27. The third-order valence-electron chi connectivity index (χ3n) is 2.80. The van der Waals surface area contributed by atoms with Crippen molar-refractivity contribution in [2.75, 3.05) is 13.7 Å². The van der Waals surface area contributed by atoms with Crippen LogP contribution in [0.25, 0.3) is 0 Å². The van der Waals surface area contributed by atoms with E-state index in [1.165, 1.54) is 0 Å². The van der Waals surface area contributed by atoms with Crippen LogP contribution < -0.4 is 9.47 Å². The van der Waals surface area contributed by atoms with Gasteiger partial charge in [0.2, 0.25) is 0 Å². The van der Waals surface area contributed by atoms with Gasteiger partial charge in [0.15, 0.2) is 12.4 Å². The number of hydrogen-bond donors (Lipinski definition) is 1. The van der Waals surface area contributed by atoms with Crippen LogP contribution >= 0.6 is 23.2 Å². The van der Waals surface area contributed by atoms with Crippen LogP contribution in [0.3, 0.4) is 0 Å². The fraction of sp³-hybridized carbons (Fsp3) is 0.125. The Morgan fingerprint density at radius 3 is 2.35 bits per heavy atom. The van der Waals surface area contributed by atoms with E-state index in [4.69, 9.17) is 37.8 Å². The van der Waals surface area contributed by atoms with Gasteiger partial charge in [-0.25, -0.2) is 4.79 Å². The van der Waals surface area contributed by atoms with Crippen molar-refractivity contribution in [3.05, 3.63) is 52.0 Å². The van der Waals surface area contributed by atoms with Crippen molar-refractivity contribution >= 4 is 41.1 Å². The minimum absolute atomic E-state index is 0.136. The largest absolute Gasteiger partial charge is 0.497 e. The zero-order valence-electron chi connectivity index (χ0n) is 12.1. The Morgan fingerprint density at radius 1 is 1.22 bits per heavy atom. The summed E-state index contributed by atoms with van der Waals surface area (Å²) in [7, 11) is 1.59. The number of carboxylic acid groups (broad SMARTS) is 1. The molecule has 0 fully saturated rings. The third-order valence-corrected chi connectivity index (χ3v) is 3.36. The summed E-state index contributed by atoms with van der Waals surface area (Å²) in [5.74, 6) is -0.227. The number of carboxylic acids is 1. The van der Waals surface area contributed by atoms with Crippen molar-refractivity contribution in [3.63, 3.8) is 0 Å². The normalized spacial score (nSPS) is 10.7. The number of ether oxygens (including phenoxy) is 2. The molecule has 0 aliphatic carbocycles. The first-order chi connectivity index (χ1) is 11.0. The molecule has 0 aliphatic heterocycles. The van der Waals surface area contributed by atoms with Crippen molar-refractivity contribution in [1.29, 1.82) is 0 Å². The molecular formula is C16H13Cl2NO4. The SMILES string of the molecule is COc1ccc(N=Cc2cc(Cl)c(OCC(=O)O)c(Cl)c2)cc1. The van der Waals surface area contributed by atoms with Crippen molar-refractivity contribution < 1.29 is 19.4 Å². The van der Waals surface area contributed by atoms with Crippen molar-refractivity contribution in [2.45, 2.75) is 0 Å². The number of benzene rings is 2. The number of rotatable bonds is 6. The van der Waals surface area contributed by atoms with Crippen LogP contribution in [0.5, 0.6) is 11.5 Å². The summed E-state index contributed by atoms with van der Waals surface area (Å²) in [6.07, 6.45) is 1.60. The predicted octanol–water partition coefficient (Wildman–Crippen LogP) is 4.22. The molecule has 0 aliphatic rings. The molecule has 0 spiro atoms. The van der Waals surface area contributed by atoms with Crippen LogP contribution in [-0.2, 0) is 4.79 Å². The minimum atomic E-state index is -1.11. The van der Waals surface area contributed by atoms with Gasteiger partial charge in [-0.05, 0) is 42.0 Å². The molecule has 1 N–H and O–H groups in total. The summed E-state index contributed by atoms with van der Waals surface area (Å²) in [5, 5.41) is 9.05. The second kappa shape index (κ2) is 7.85. The molecule has 0 heterocycles. The van der Waals surface area contributed by atoms with Crippen LogP contribution in [-0.4, -0.2) is 31.0 Å². The molecule has 0 radical (unpaired) electrons. The Labute approximate surface area is 143 Å². The number of aliphatic carboxylic acids is 1. The molecule has 5 nitrogen and oxygen atoms in total. The van der Waals surface area contributed by atoms with Gasteiger partial charge >= 0.3 is 5.97 Å². The molecule has 7 heteroatoms. The summed E-state index contributed by atoms with van der Waals surface area (Å²) in [6, 6.07) is 10.4. The van der Waals surface area contributed by atoms with E-state index in [2.05, 4.69) is 4.99 Å². The van der Waals surface area contributed by atoms with E-state index in [1.807, 2.05) is 12.1 Å². The zero-order valence-corrected chi connectivity index (χ0v) is 13.6. The molecule has 0 aromatic heterocycles. The Hall–Kier alpha value is -2.24. The van der Waals surface area contributed by atoms with Crippen LogP contribution in [0.2, 0.25) is 10.0 Å². The van der Waals surface area contributed by atoms with Crippen LogP contribution in [0.1, 0.15) is 5.56 Å². The van der Waals surface area contributed by atoms with Crippen LogP contribution in [0, 0.1) is 0 Å². The first-order valence-electron chi connectivity index (χ1n) is 6.51. The lowest BCUT2D eigenvalue weighted by molar-refractivity contribution is -0.139. The number of nitrogens with zero attached hydrogens (tertiary/aromatic N) is 1. The van der Waals surface area contributed by atoms with E-state index in [9.17, 15) is 4.79 Å². The van der Waals surface area contributed by atoms with Gasteiger partial charge < -0.3 is 14.6 Å².